The van der Waals surface area contributed by atoms with E-state index in [0.717, 1.165) is 34.7 Å². The first-order valence-electron chi connectivity index (χ1n) is 6.57. The molecule has 0 fully saturated rings. The highest BCUT2D eigenvalue weighted by Crippen LogP contribution is 2.45. The van der Waals surface area contributed by atoms with Crippen molar-refractivity contribution in [2.45, 2.75) is 52.2 Å². The van der Waals surface area contributed by atoms with Crippen LogP contribution >= 0.6 is 11.6 Å². The van der Waals surface area contributed by atoms with Gasteiger partial charge in [0, 0.05) is 23.0 Å². The number of benzene rings is 1. The van der Waals surface area contributed by atoms with Gasteiger partial charge in [0.2, 0.25) is 0 Å². The number of halogens is 1. The summed E-state index contributed by atoms with van der Waals surface area (Å²) in [5, 5.41) is 4.26. The van der Waals surface area contributed by atoms with Gasteiger partial charge in [-0.1, -0.05) is 18.5 Å². The van der Waals surface area contributed by atoms with Gasteiger partial charge < -0.3 is 10.1 Å². The van der Waals surface area contributed by atoms with Crippen molar-refractivity contribution in [2.24, 2.45) is 0 Å². The van der Waals surface area contributed by atoms with E-state index in [1.807, 2.05) is 14.0 Å². The summed E-state index contributed by atoms with van der Waals surface area (Å²) in [6.45, 7) is 8.47. The summed E-state index contributed by atoms with van der Waals surface area (Å²) in [6, 6.07) is 2.39. The van der Waals surface area contributed by atoms with Gasteiger partial charge in [-0.3, -0.25) is 0 Å². The predicted octanol–water partition coefficient (Wildman–Crippen LogP) is 4.17. The smallest absolute Gasteiger partial charge is 0.125 e. The maximum Gasteiger partial charge on any atom is 0.125 e. The van der Waals surface area contributed by atoms with Crippen molar-refractivity contribution in [1.82, 2.24) is 5.32 Å². The van der Waals surface area contributed by atoms with E-state index in [9.17, 15) is 0 Å². The maximum atomic E-state index is 6.36. The molecule has 1 aliphatic rings. The van der Waals surface area contributed by atoms with Gasteiger partial charge in [-0.2, -0.15) is 0 Å². The predicted molar refractivity (Wildman–Crippen MR) is 76.7 cm³/mol. The van der Waals surface area contributed by atoms with Gasteiger partial charge in [0.15, 0.2) is 0 Å². The molecular formula is C15H22ClNO. The first kappa shape index (κ1) is 13.7. The Balaban J connectivity index is 2.58. The third kappa shape index (κ3) is 2.12. The summed E-state index contributed by atoms with van der Waals surface area (Å²) in [5.74, 6) is 0.990. The molecule has 0 saturated carbocycles. The Morgan fingerprint density at radius 2 is 2.17 bits per heavy atom. The lowest BCUT2D eigenvalue weighted by Crippen LogP contribution is -2.41. The van der Waals surface area contributed by atoms with Gasteiger partial charge in [0.05, 0.1) is 0 Å². The molecule has 0 amide bonds. The van der Waals surface area contributed by atoms with Crippen LogP contribution in [-0.4, -0.2) is 12.6 Å². The number of aryl methyl sites for hydroxylation is 1. The van der Waals surface area contributed by atoms with Crippen molar-refractivity contribution >= 4 is 11.6 Å². The summed E-state index contributed by atoms with van der Waals surface area (Å²) in [5.41, 5.74) is 3.36. The minimum Gasteiger partial charge on any atom is -0.487 e. The zero-order valence-corrected chi connectivity index (χ0v) is 12.6. The van der Waals surface area contributed by atoms with Gasteiger partial charge in [0.1, 0.15) is 11.4 Å². The summed E-state index contributed by atoms with van der Waals surface area (Å²) < 4.78 is 6.22. The zero-order valence-electron chi connectivity index (χ0n) is 11.9. The molecule has 0 aliphatic carbocycles. The van der Waals surface area contributed by atoms with Crippen LogP contribution in [0.3, 0.4) is 0 Å². The summed E-state index contributed by atoms with van der Waals surface area (Å²) in [4.78, 5) is 0. The van der Waals surface area contributed by atoms with E-state index < -0.39 is 0 Å². The van der Waals surface area contributed by atoms with Crippen LogP contribution in [0.2, 0.25) is 5.02 Å². The monoisotopic (exact) mass is 267 g/mol. The molecule has 2 rings (SSSR count). The van der Waals surface area contributed by atoms with E-state index >= 15 is 0 Å². The van der Waals surface area contributed by atoms with Crippen molar-refractivity contribution in [2.75, 3.05) is 7.05 Å². The van der Waals surface area contributed by atoms with Crippen LogP contribution in [0, 0.1) is 13.8 Å². The van der Waals surface area contributed by atoms with Crippen LogP contribution in [-0.2, 0) is 0 Å². The lowest BCUT2D eigenvalue weighted by molar-refractivity contribution is 0.0452. The van der Waals surface area contributed by atoms with E-state index in [1.165, 1.54) is 5.56 Å². The lowest BCUT2D eigenvalue weighted by atomic mass is 9.84. The molecule has 0 spiro atoms. The molecule has 0 aromatic heterocycles. The van der Waals surface area contributed by atoms with Gasteiger partial charge in [-0.15, -0.1) is 0 Å². The first-order chi connectivity index (χ1) is 8.41. The van der Waals surface area contributed by atoms with Gasteiger partial charge in [0.25, 0.3) is 0 Å². The van der Waals surface area contributed by atoms with E-state index in [1.54, 1.807) is 0 Å². The van der Waals surface area contributed by atoms with Gasteiger partial charge in [-0.05, 0) is 51.4 Å². The van der Waals surface area contributed by atoms with E-state index in [0.29, 0.717) is 6.04 Å². The maximum absolute atomic E-state index is 6.36. The molecule has 100 valence electrons. The van der Waals surface area contributed by atoms with Crippen molar-refractivity contribution in [3.8, 4) is 5.75 Å². The molecular weight excluding hydrogens is 246 g/mol. The molecule has 2 unspecified atom stereocenters. The quantitative estimate of drug-likeness (QED) is 0.868. The average Bonchev–Trinajstić information content (AvgIpc) is 2.35. The third-order valence-electron chi connectivity index (χ3n) is 4.13. The molecule has 18 heavy (non-hydrogen) atoms. The number of fused-ring (bicyclic) bond motifs is 1. The fraction of sp³-hybridized carbons (Fsp3) is 0.600. The Hall–Kier alpha value is -0.730. The second-order valence-electron chi connectivity index (χ2n) is 5.50. The highest BCUT2D eigenvalue weighted by atomic mass is 35.5. The number of rotatable bonds is 2. The SMILES string of the molecule is CCC1(C)CC(NC)c2c(cc(C)c(Cl)c2C)O1. The molecule has 0 saturated heterocycles. The Morgan fingerprint density at radius 1 is 1.50 bits per heavy atom. The summed E-state index contributed by atoms with van der Waals surface area (Å²) in [7, 11) is 2.00. The Bertz CT molecular complexity index is 472. The molecule has 1 N–H and O–H groups in total. The first-order valence-corrected chi connectivity index (χ1v) is 6.95. The lowest BCUT2D eigenvalue weighted by Gasteiger charge is -2.40. The van der Waals surface area contributed by atoms with E-state index in [2.05, 4.69) is 32.2 Å². The number of ether oxygens (including phenoxy) is 1. The molecule has 2 atom stereocenters. The second-order valence-corrected chi connectivity index (χ2v) is 5.87. The van der Waals surface area contributed by atoms with Crippen molar-refractivity contribution in [3.63, 3.8) is 0 Å². The van der Waals surface area contributed by atoms with Gasteiger partial charge in [-0.25, -0.2) is 0 Å². The van der Waals surface area contributed by atoms with Crippen molar-refractivity contribution in [1.29, 1.82) is 0 Å². The molecule has 1 heterocycles. The second kappa shape index (κ2) is 4.75. The van der Waals surface area contributed by atoms with Crippen molar-refractivity contribution in [3.05, 3.63) is 27.8 Å². The minimum absolute atomic E-state index is 0.0899. The van der Waals surface area contributed by atoms with Crippen molar-refractivity contribution < 1.29 is 4.74 Å². The van der Waals surface area contributed by atoms with E-state index in [-0.39, 0.29) is 5.60 Å². The highest BCUT2D eigenvalue weighted by molar-refractivity contribution is 6.32. The zero-order chi connectivity index (χ0) is 13.5. The average molecular weight is 268 g/mol. The molecule has 1 aliphatic heterocycles. The van der Waals surface area contributed by atoms with Crippen LogP contribution in [0.4, 0.5) is 0 Å². The van der Waals surface area contributed by atoms with Crippen LogP contribution in [0.15, 0.2) is 6.07 Å². The minimum atomic E-state index is -0.0899. The topological polar surface area (TPSA) is 21.3 Å². The largest absolute Gasteiger partial charge is 0.487 e. The van der Waals surface area contributed by atoms with Crippen LogP contribution in [0.25, 0.3) is 0 Å². The molecule has 1 aromatic carbocycles. The van der Waals surface area contributed by atoms with Gasteiger partial charge >= 0.3 is 0 Å². The normalized spacial score (nSPS) is 26.7. The number of nitrogens with one attached hydrogen (secondary N) is 1. The molecule has 0 bridgehead atoms. The number of hydrogen-bond acceptors (Lipinski definition) is 2. The Morgan fingerprint density at radius 3 is 2.72 bits per heavy atom. The fourth-order valence-electron chi connectivity index (χ4n) is 2.76. The molecule has 0 radical (unpaired) electrons. The summed E-state index contributed by atoms with van der Waals surface area (Å²) in [6.07, 6.45) is 1.98. The number of hydrogen-bond donors (Lipinski definition) is 1. The van der Waals surface area contributed by atoms with Crippen LogP contribution < -0.4 is 10.1 Å². The highest BCUT2D eigenvalue weighted by Gasteiger charge is 2.36. The fourth-order valence-corrected chi connectivity index (χ4v) is 2.91. The molecule has 1 aromatic rings. The third-order valence-corrected chi connectivity index (χ3v) is 4.71. The van der Waals surface area contributed by atoms with E-state index in [4.69, 9.17) is 16.3 Å². The Kier molecular flexibility index (Phi) is 3.61. The van der Waals surface area contributed by atoms with Crippen LogP contribution in [0.1, 0.15) is 49.4 Å². The molecule has 3 heteroatoms. The summed E-state index contributed by atoms with van der Waals surface area (Å²) >= 11 is 6.36. The standard InChI is InChI=1S/C15H22ClNO/c1-6-15(4)8-11(17-5)13-10(3)14(16)9(2)7-12(13)18-15/h7,11,17H,6,8H2,1-5H3. The molecule has 2 nitrogen and oxygen atoms in total. The van der Waals surface area contributed by atoms with Crippen LogP contribution in [0.5, 0.6) is 5.75 Å². The Labute approximate surface area is 115 Å².